The van der Waals surface area contributed by atoms with Crippen molar-refractivity contribution in [1.82, 2.24) is 5.48 Å². The molecule has 0 spiro atoms. The molecule has 1 N–H and O–H groups in total. The van der Waals surface area contributed by atoms with Gasteiger partial charge >= 0.3 is 0 Å². The fourth-order valence-electron chi connectivity index (χ4n) is 1.60. The van der Waals surface area contributed by atoms with Gasteiger partial charge in [-0.05, 0) is 36.2 Å². The highest BCUT2D eigenvalue weighted by Crippen LogP contribution is 2.09. The highest BCUT2D eigenvalue weighted by atomic mass is 19.1. The van der Waals surface area contributed by atoms with E-state index in [1.165, 1.54) is 18.2 Å². The SMILES string of the molecule is Cc1cc(C(=O)NOCc2ccccc2)ccc1F. The maximum atomic E-state index is 13.1. The van der Waals surface area contributed by atoms with Crippen molar-refractivity contribution < 1.29 is 14.0 Å². The lowest BCUT2D eigenvalue weighted by Crippen LogP contribution is -2.23. The van der Waals surface area contributed by atoms with E-state index in [1.807, 2.05) is 30.3 Å². The number of aryl methyl sites for hydroxylation is 1. The van der Waals surface area contributed by atoms with Crippen molar-refractivity contribution in [1.29, 1.82) is 0 Å². The average Bonchev–Trinajstić information content (AvgIpc) is 2.43. The van der Waals surface area contributed by atoms with Gasteiger partial charge in [-0.15, -0.1) is 0 Å². The number of amides is 1. The summed E-state index contributed by atoms with van der Waals surface area (Å²) in [7, 11) is 0. The van der Waals surface area contributed by atoms with Crippen LogP contribution in [-0.4, -0.2) is 5.91 Å². The van der Waals surface area contributed by atoms with Gasteiger partial charge in [0.25, 0.3) is 5.91 Å². The van der Waals surface area contributed by atoms with E-state index in [0.717, 1.165) is 5.56 Å². The predicted octanol–water partition coefficient (Wildman–Crippen LogP) is 3.00. The Morgan fingerprint density at radius 3 is 2.63 bits per heavy atom. The van der Waals surface area contributed by atoms with Crippen LogP contribution in [0.3, 0.4) is 0 Å². The third-order valence-corrected chi connectivity index (χ3v) is 2.67. The Bertz CT molecular complexity index is 570. The maximum Gasteiger partial charge on any atom is 0.274 e. The second-order valence-corrected chi connectivity index (χ2v) is 4.17. The highest BCUT2D eigenvalue weighted by Gasteiger charge is 2.07. The van der Waals surface area contributed by atoms with E-state index in [9.17, 15) is 9.18 Å². The van der Waals surface area contributed by atoms with Gasteiger partial charge in [-0.25, -0.2) is 9.87 Å². The molecular formula is C15H14FNO2. The van der Waals surface area contributed by atoms with Crippen LogP contribution in [0.15, 0.2) is 48.5 Å². The molecule has 0 aliphatic carbocycles. The van der Waals surface area contributed by atoms with E-state index in [-0.39, 0.29) is 18.3 Å². The van der Waals surface area contributed by atoms with Crippen LogP contribution in [0.4, 0.5) is 4.39 Å². The van der Waals surface area contributed by atoms with Crippen LogP contribution in [0.25, 0.3) is 0 Å². The Kier molecular flexibility index (Phi) is 4.26. The molecule has 19 heavy (non-hydrogen) atoms. The van der Waals surface area contributed by atoms with Gasteiger partial charge in [0.1, 0.15) is 5.82 Å². The standard InChI is InChI=1S/C15H14FNO2/c1-11-9-13(7-8-14(11)16)15(18)17-19-10-12-5-3-2-4-6-12/h2-9H,10H2,1H3,(H,17,18). The van der Waals surface area contributed by atoms with Crippen molar-refractivity contribution in [3.05, 3.63) is 71.0 Å². The Morgan fingerprint density at radius 2 is 1.95 bits per heavy atom. The van der Waals surface area contributed by atoms with Crippen LogP contribution in [0.2, 0.25) is 0 Å². The highest BCUT2D eigenvalue weighted by molar-refractivity contribution is 5.93. The molecule has 1 amide bonds. The fraction of sp³-hybridized carbons (Fsp3) is 0.133. The van der Waals surface area contributed by atoms with Gasteiger partial charge in [0.05, 0.1) is 6.61 Å². The lowest BCUT2D eigenvalue weighted by molar-refractivity contribution is 0.0233. The molecule has 0 saturated heterocycles. The first-order chi connectivity index (χ1) is 9.16. The van der Waals surface area contributed by atoms with Gasteiger partial charge in [-0.2, -0.15) is 0 Å². The summed E-state index contributed by atoms with van der Waals surface area (Å²) in [5, 5.41) is 0. The fourth-order valence-corrected chi connectivity index (χ4v) is 1.60. The molecule has 3 nitrogen and oxygen atoms in total. The molecule has 2 aromatic rings. The number of hydroxylamine groups is 1. The third kappa shape index (κ3) is 3.63. The summed E-state index contributed by atoms with van der Waals surface area (Å²) in [5.74, 6) is -0.721. The van der Waals surface area contributed by atoms with Gasteiger partial charge in [-0.3, -0.25) is 9.63 Å². The normalized spacial score (nSPS) is 10.2. The van der Waals surface area contributed by atoms with Crippen molar-refractivity contribution in [2.75, 3.05) is 0 Å². The van der Waals surface area contributed by atoms with Crippen LogP contribution in [0, 0.1) is 12.7 Å². The first kappa shape index (κ1) is 13.2. The lowest BCUT2D eigenvalue weighted by Gasteiger charge is -2.06. The number of nitrogens with one attached hydrogen (secondary N) is 1. The smallest absolute Gasteiger partial charge is 0.269 e. The van der Waals surface area contributed by atoms with Gasteiger partial charge in [0, 0.05) is 5.56 Å². The molecule has 0 saturated carbocycles. The Labute approximate surface area is 111 Å². The zero-order valence-electron chi connectivity index (χ0n) is 10.5. The van der Waals surface area contributed by atoms with Gasteiger partial charge in [0.15, 0.2) is 0 Å². The molecule has 0 heterocycles. The second kappa shape index (κ2) is 6.11. The zero-order valence-corrected chi connectivity index (χ0v) is 10.5. The lowest BCUT2D eigenvalue weighted by atomic mass is 10.1. The van der Waals surface area contributed by atoms with Crippen molar-refractivity contribution in [2.45, 2.75) is 13.5 Å². The molecule has 4 heteroatoms. The van der Waals surface area contributed by atoms with Crippen molar-refractivity contribution in [3.8, 4) is 0 Å². The number of hydrogen-bond donors (Lipinski definition) is 1. The quantitative estimate of drug-likeness (QED) is 0.857. The molecule has 0 fully saturated rings. The molecule has 0 radical (unpaired) electrons. The van der Waals surface area contributed by atoms with E-state index in [2.05, 4.69) is 5.48 Å². The van der Waals surface area contributed by atoms with Crippen LogP contribution in [-0.2, 0) is 11.4 Å². The summed E-state index contributed by atoms with van der Waals surface area (Å²) in [5.41, 5.74) is 4.08. The molecule has 0 bridgehead atoms. The van der Waals surface area contributed by atoms with Gasteiger partial charge < -0.3 is 0 Å². The summed E-state index contributed by atoms with van der Waals surface area (Å²) in [6.07, 6.45) is 0. The topological polar surface area (TPSA) is 38.3 Å². The number of halogens is 1. The zero-order chi connectivity index (χ0) is 13.7. The Morgan fingerprint density at radius 1 is 1.21 bits per heavy atom. The predicted molar refractivity (Wildman–Crippen MR) is 69.8 cm³/mol. The first-order valence-corrected chi connectivity index (χ1v) is 5.89. The largest absolute Gasteiger partial charge is 0.274 e. The Balaban J connectivity index is 1.89. The molecule has 0 atom stereocenters. The molecule has 0 aliphatic heterocycles. The average molecular weight is 259 g/mol. The summed E-state index contributed by atoms with van der Waals surface area (Å²) in [6, 6.07) is 13.7. The van der Waals surface area contributed by atoms with Crippen LogP contribution < -0.4 is 5.48 Å². The van der Waals surface area contributed by atoms with E-state index >= 15 is 0 Å². The molecular weight excluding hydrogens is 245 g/mol. The van der Waals surface area contributed by atoms with E-state index in [4.69, 9.17) is 4.84 Å². The number of carbonyl (C=O) groups excluding carboxylic acids is 1. The summed E-state index contributed by atoms with van der Waals surface area (Å²) in [6.45, 7) is 1.89. The second-order valence-electron chi connectivity index (χ2n) is 4.17. The first-order valence-electron chi connectivity index (χ1n) is 5.89. The summed E-state index contributed by atoms with van der Waals surface area (Å²) in [4.78, 5) is 16.9. The van der Waals surface area contributed by atoms with Crippen molar-refractivity contribution >= 4 is 5.91 Å². The van der Waals surface area contributed by atoms with E-state index in [0.29, 0.717) is 11.1 Å². The molecule has 0 aromatic heterocycles. The molecule has 98 valence electrons. The minimum Gasteiger partial charge on any atom is -0.269 e. The van der Waals surface area contributed by atoms with E-state index < -0.39 is 0 Å². The monoisotopic (exact) mass is 259 g/mol. The molecule has 2 rings (SSSR count). The number of hydrogen-bond acceptors (Lipinski definition) is 2. The summed E-state index contributed by atoms with van der Waals surface area (Å²) < 4.78 is 13.1. The Hall–Kier alpha value is -2.20. The molecule has 0 unspecified atom stereocenters. The van der Waals surface area contributed by atoms with E-state index in [1.54, 1.807) is 6.92 Å². The van der Waals surface area contributed by atoms with Crippen LogP contribution in [0.1, 0.15) is 21.5 Å². The summed E-state index contributed by atoms with van der Waals surface area (Å²) >= 11 is 0. The van der Waals surface area contributed by atoms with Crippen LogP contribution >= 0.6 is 0 Å². The minimum absolute atomic E-state index is 0.284. The van der Waals surface area contributed by atoms with Crippen molar-refractivity contribution in [2.24, 2.45) is 0 Å². The minimum atomic E-state index is -0.390. The van der Waals surface area contributed by atoms with Crippen molar-refractivity contribution in [3.63, 3.8) is 0 Å². The van der Waals surface area contributed by atoms with Gasteiger partial charge in [-0.1, -0.05) is 30.3 Å². The van der Waals surface area contributed by atoms with Crippen LogP contribution in [0.5, 0.6) is 0 Å². The maximum absolute atomic E-state index is 13.1. The third-order valence-electron chi connectivity index (χ3n) is 2.67. The number of carbonyl (C=O) groups is 1. The van der Waals surface area contributed by atoms with Gasteiger partial charge in [0.2, 0.25) is 0 Å². The number of rotatable bonds is 4. The number of benzene rings is 2. The molecule has 0 aliphatic rings. The molecule has 2 aromatic carbocycles.